The van der Waals surface area contributed by atoms with Crippen LogP contribution in [0, 0.1) is 18.8 Å². The molecule has 208 valence electrons. The van der Waals surface area contributed by atoms with E-state index < -0.39 is 12.0 Å². The fourth-order valence-corrected chi connectivity index (χ4v) is 6.88. The Kier molecular flexibility index (Phi) is 13.1. The van der Waals surface area contributed by atoms with Crippen LogP contribution in [-0.2, 0) is 11.2 Å². The van der Waals surface area contributed by atoms with Crippen molar-refractivity contribution in [2.24, 2.45) is 11.8 Å². The van der Waals surface area contributed by atoms with Crippen molar-refractivity contribution >= 4 is 35.4 Å². The van der Waals surface area contributed by atoms with Gasteiger partial charge >= 0.3 is 5.97 Å². The van der Waals surface area contributed by atoms with Crippen LogP contribution in [0.3, 0.4) is 0 Å². The first kappa shape index (κ1) is 30.6. The molecule has 0 aromatic heterocycles. The van der Waals surface area contributed by atoms with E-state index in [2.05, 4.69) is 43.4 Å². The smallest absolute Gasteiger partial charge is 0.326 e. The first-order chi connectivity index (χ1) is 18.4. The second kappa shape index (κ2) is 16.2. The number of rotatable bonds is 15. The highest BCUT2D eigenvalue weighted by Crippen LogP contribution is 2.32. The number of hydrogen-bond donors (Lipinski definition) is 2. The average Bonchev–Trinajstić information content (AvgIpc) is 2.93. The van der Waals surface area contributed by atoms with Gasteiger partial charge in [0, 0.05) is 5.56 Å². The molecule has 0 spiro atoms. The van der Waals surface area contributed by atoms with Gasteiger partial charge < -0.3 is 10.4 Å². The Morgan fingerprint density at radius 3 is 2.50 bits per heavy atom. The zero-order chi connectivity index (χ0) is 27.3. The Balaban J connectivity index is 1.85. The third kappa shape index (κ3) is 9.37. The minimum atomic E-state index is -0.990. The number of thioether (sulfide) groups is 2. The van der Waals surface area contributed by atoms with Gasteiger partial charge in [0.25, 0.3) is 5.91 Å². The molecule has 38 heavy (non-hydrogen) atoms. The van der Waals surface area contributed by atoms with Crippen molar-refractivity contribution in [2.45, 2.75) is 77.7 Å². The van der Waals surface area contributed by atoms with Crippen molar-refractivity contribution in [1.29, 1.82) is 0 Å². The number of carbonyl (C=O) groups excluding carboxylic acids is 1. The van der Waals surface area contributed by atoms with Gasteiger partial charge in [0.2, 0.25) is 0 Å². The first-order valence-corrected chi connectivity index (χ1v) is 16.8. The molecule has 0 aliphatic heterocycles. The predicted molar refractivity (Wildman–Crippen MR) is 165 cm³/mol. The number of hydrogen-bond acceptors (Lipinski definition) is 4. The molecular weight excluding hydrogens is 510 g/mol. The number of amides is 1. The summed E-state index contributed by atoms with van der Waals surface area (Å²) >= 11 is 3.61. The zero-order valence-corrected chi connectivity index (χ0v) is 25.0. The zero-order valence-electron chi connectivity index (χ0n) is 23.3. The summed E-state index contributed by atoms with van der Waals surface area (Å²) in [5, 5.41) is 12.4. The van der Waals surface area contributed by atoms with E-state index in [1.807, 2.05) is 36.2 Å². The summed E-state index contributed by atoms with van der Waals surface area (Å²) in [6, 6.07) is 13.4. The lowest BCUT2D eigenvalue weighted by atomic mass is 9.83. The van der Waals surface area contributed by atoms with Crippen molar-refractivity contribution in [3.63, 3.8) is 0 Å². The molecule has 2 unspecified atom stereocenters. The maximum Gasteiger partial charge on any atom is 0.326 e. The highest BCUT2D eigenvalue weighted by molar-refractivity contribution is 7.99. The van der Waals surface area contributed by atoms with Gasteiger partial charge in [-0.1, -0.05) is 81.8 Å². The topological polar surface area (TPSA) is 66.4 Å². The Morgan fingerprint density at radius 1 is 1.05 bits per heavy atom. The normalized spacial score (nSPS) is 15.7. The van der Waals surface area contributed by atoms with Crippen LogP contribution >= 0.6 is 23.5 Å². The standard InChI is InChI=1S/C32H45NO3S2/c1-4-38-22-26(15-14-24-11-6-5-7-12-24)20-25-16-17-28(29(21-25)27-13-9-8-10-23(27)2)31(34)33-30(32(35)36)18-19-37-3/h8-10,13,16-17,21,24,26,30H,4-7,11-12,14-15,18-20,22H2,1-3H3,(H,33,34)(H,35,36). The molecule has 1 fully saturated rings. The van der Waals surface area contributed by atoms with Crippen LogP contribution < -0.4 is 5.32 Å². The molecule has 1 aliphatic rings. The molecule has 0 saturated heterocycles. The molecule has 0 heterocycles. The van der Waals surface area contributed by atoms with Crippen LogP contribution in [0.4, 0.5) is 0 Å². The molecule has 1 aliphatic carbocycles. The van der Waals surface area contributed by atoms with E-state index in [0.29, 0.717) is 23.7 Å². The third-order valence-corrected chi connectivity index (χ3v) is 9.53. The van der Waals surface area contributed by atoms with Crippen molar-refractivity contribution in [2.75, 3.05) is 23.5 Å². The van der Waals surface area contributed by atoms with Crippen LogP contribution in [-0.4, -0.2) is 46.5 Å². The van der Waals surface area contributed by atoms with Crippen LogP contribution in [0.15, 0.2) is 42.5 Å². The second-order valence-corrected chi connectivity index (χ2v) is 13.0. The number of aliphatic carboxylic acids is 1. The molecule has 2 atom stereocenters. The number of aryl methyl sites for hydroxylation is 1. The quantitative estimate of drug-likeness (QED) is 0.234. The number of carboxylic acids is 1. The van der Waals surface area contributed by atoms with Gasteiger partial charge in [-0.3, -0.25) is 4.79 Å². The molecule has 1 amide bonds. The largest absolute Gasteiger partial charge is 0.480 e. The highest BCUT2D eigenvalue weighted by Gasteiger charge is 2.23. The van der Waals surface area contributed by atoms with Gasteiger partial charge in [-0.05, 0) is 89.9 Å². The summed E-state index contributed by atoms with van der Waals surface area (Å²) in [5.74, 6) is 3.18. The highest BCUT2D eigenvalue weighted by atomic mass is 32.2. The summed E-state index contributed by atoms with van der Waals surface area (Å²) in [5.41, 5.74) is 4.81. The molecule has 3 rings (SSSR count). The number of carbonyl (C=O) groups is 2. The molecule has 0 bridgehead atoms. The summed E-state index contributed by atoms with van der Waals surface area (Å²) in [6.07, 6.45) is 12.9. The predicted octanol–water partition coefficient (Wildman–Crippen LogP) is 7.87. The number of nitrogens with one attached hydrogen (secondary N) is 1. The fraction of sp³-hybridized carbons (Fsp3) is 0.562. The first-order valence-electron chi connectivity index (χ1n) is 14.2. The SMILES string of the molecule is CCSCC(CCC1CCCCC1)Cc1ccc(C(=O)NC(CCSC)C(=O)O)c(-c2ccccc2C)c1. The Labute approximate surface area is 238 Å². The summed E-state index contributed by atoms with van der Waals surface area (Å²) in [6.45, 7) is 4.29. The van der Waals surface area contributed by atoms with Gasteiger partial charge in [-0.2, -0.15) is 23.5 Å². The molecule has 6 heteroatoms. The van der Waals surface area contributed by atoms with Gasteiger partial charge in [0.15, 0.2) is 0 Å². The van der Waals surface area contributed by atoms with E-state index in [0.717, 1.165) is 34.8 Å². The van der Waals surface area contributed by atoms with E-state index in [1.54, 1.807) is 11.8 Å². The molecule has 2 N–H and O–H groups in total. The molecule has 2 aromatic rings. The number of benzene rings is 2. The third-order valence-electron chi connectivity index (χ3n) is 7.77. The Bertz CT molecular complexity index is 1040. The monoisotopic (exact) mass is 555 g/mol. The minimum Gasteiger partial charge on any atom is -0.480 e. The molecule has 1 saturated carbocycles. The van der Waals surface area contributed by atoms with Crippen LogP contribution in [0.25, 0.3) is 11.1 Å². The molecule has 2 aromatic carbocycles. The van der Waals surface area contributed by atoms with E-state index in [4.69, 9.17) is 0 Å². The van der Waals surface area contributed by atoms with Crippen LogP contribution in [0.2, 0.25) is 0 Å². The van der Waals surface area contributed by atoms with Crippen LogP contribution in [0.5, 0.6) is 0 Å². The van der Waals surface area contributed by atoms with Crippen molar-refractivity contribution in [3.8, 4) is 11.1 Å². The summed E-state index contributed by atoms with van der Waals surface area (Å²) < 4.78 is 0. The lowest BCUT2D eigenvalue weighted by Gasteiger charge is -2.24. The van der Waals surface area contributed by atoms with Gasteiger partial charge in [0.1, 0.15) is 6.04 Å². The van der Waals surface area contributed by atoms with Gasteiger partial charge in [0.05, 0.1) is 0 Å². The molecule has 0 radical (unpaired) electrons. The van der Waals surface area contributed by atoms with Gasteiger partial charge in [-0.15, -0.1) is 0 Å². The number of carboxylic acid groups (broad SMARTS) is 1. The Hall–Kier alpha value is -1.92. The van der Waals surface area contributed by atoms with Gasteiger partial charge in [-0.25, -0.2) is 4.79 Å². The van der Waals surface area contributed by atoms with E-state index in [9.17, 15) is 14.7 Å². The maximum atomic E-state index is 13.4. The maximum absolute atomic E-state index is 13.4. The van der Waals surface area contributed by atoms with Crippen molar-refractivity contribution < 1.29 is 14.7 Å². The van der Waals surface area contributed by atoms with E-state index in [-0.39, 0.29) is 5.91 Å². The lowest BCUT2D eigenvalue weighted by Crippen LogP contribution is -2.41. The van der Waals surface area contributed by atoms with Crippen molar-refractivity contribution in [3.05, 3.63) is 59.2 Å². The van der Waals surface area contributed by atoms with Crippen LogP contribution in [0.1, 0.15) is 79.8 Å². The summed E-state index contributed by atoms with van der Waals surface area (Å²) in [7, 11) is 0. The second-order valence-electron chi connectivity index (χ2n) is 10.7. The lowest BCUT2D eigenvalue weighted by molar-refractivity contribution is -0.139. The van der Waals surface area contributed by atoms with E-state index in [1.165, 1.54) is 56.3 Å². The van der Waals surface area contributed by atoms with Crippen molar-refractivity contribution in [1.82, 2.24) is 5.32 Å². The fourth-order valence-electron chi connectivity index (χ4n) is 5.55. The summed E-state index contributed by atoms with van der Waals surface area (Å²) in [4.78, 5) is 25.2. The average molecular weight is 556 g/mol. The Morgan fingerprint density at radius 2 is 1.82 bits per heavy atom. The van der Waals surface area contributed by atoms with E-state index >= 15 is 0 Å². The molecule has 4 nitrogen and oxygen atoms in total. The minimum absolute atomic E-state index is 0.321. The molecular formula is C32H45NO3S2.